The van der Waals surface area contributed by atoms with Crippen molar-refractivity contribution in [3.8, 4) is 0 Å². The van der Waals surface area contributed by atoms with E-state index in [4.69, 9.17) is 5.73 Å². The molecule has 1 fully saturated rings. The fourth-order valence-electron chi connectivity index (χ4n) is 2.98. The lowest BCUT2D eigenvalue weighted by molar-refractivity contribution is 0.420. The number of nitrogens with two attached hydrogens (primary N) is 1. The van der Waals surface area contributed by atoms with Crippen molar-refractivity contribution >= 4 is 27.8 Å². The third kappa shape index (κ3) is 4.34. The van der Waals surface area contributed by atoms with E-state index in [-0.39, 0.29) is 5.84 Å². The number of hydrogen-bond donors (Lipinski definition) is 2. The second-order valence-electron chi connectivity index (χ2n) is 5.58. The summed E-state index contributed by atoms with van der Waals surface area (Å²) in [5.41, 5.74) is 7.89. The van der Waals surface area contributed by atoms with Crippen molar-refractivity contribution in [2.75, 3.05) is 4.72 Å². The largest absolute Gasteiger partial charge is 0.382 e. The summed E-state index contributed by atoms with van der Waals surface area (Å²) in [7, 11) is -3.71. The highest BCUT2D eigenvalue weighted by atomic mass is 32.2. The summed E-state index contributed by atoms with van der Waals surface area (Å²) >= 11 is 0. The van der Waals surface area contributed by atoms with Crippen molar-refractivity contribution in [2.24, 2.45) is 16.0 Å². The van der Waals surface area contributed by atoms with E-state index in [1.165, 1.54) is 32.1 Å². The van der Waals surface area contributed by atoms with Gasteiger partial charge in [-0.15, -0.1) is 4.40 Å². The summed E-state index contributed by atoms with van der Waals surface area (Å²) in [6.45, 7) is 4.00. The number of amidine groups is 1. The minimum absolute atomic E-state index is 0.0487. The van der Waals surface area contributed by atoms with Gasteiger partial charge in [0.2, 0.25) is 0 Å². The molecule has 0 bridgehead atoms. The Bertz CT molecular complexity index is 703. The van der Waals surface area contributed by atoms with Gasteiger partial charge in [0.15, 0.2) is 0 Å². The second kappa shape index (κ2) is 7.64. The summed E-state index contributed by atoms with van der Waals surface area (Å²) in [6, 6.07) is 5.45. The maximum atomic E-state index is 11.5. The number of fused-ring (bicyclic) bond motifs is 1. The second-order valence-corrected chi connectivity index (χ2v) is 6.92. The highest BCUT2D eigenvalue weighted by molar-refractivity contribution is 7.91. The minimum atomic E-state index is -3.71. The first kappa shape index (κ1) is 17.5. The Labute approximate surface area is 138 Å². The van der Waals surface area contributed by atoms with Crippen LogP contribution in [0, 0.1) is 5.92 Å². The van der Waals surface area contributed by atoms with Crippen molar-refractivity contribution in [1.29, 1.82) is 0 Å². The van der Waals surface area contributed by atoms with Crippen molar-refractivity contribution in [1.82, 2.24) is 0 Å². The molecule has 3 rings (SSSR count). The minimum Gasteiger partial charge on any atom is -0.382 e. The molecule has 2 aliphatic rings. The first-order valence-corrected chi connectivity index (χ1v) is 9.69. The molecule has 0 saturated heterocycles. The molecule has 3 N–H and O–H groups in total. The average Bonchev–Trinajstić information content (AvgIpc) is 2.54. The Morgan fingerprint density at radius 2 is 1.91 bits per heavy atom. The summed E-state index contributed by atoms with van der Waals surface area (Å²) in [6.07, 6.45) is 10.6. The first-order valence-electron chi connectivity index (χ1n) is 8.25. The first-order chi connectivity index (χ1) is 11.1. The van der Waals surface area contributed by atoms with Crippen LogP contribution in [0.4, 0.5) is 5.69 Å². The number of anilines is 1. The Kier molecular flexibility index (Phi) is 5.82. The molecule has 23 heavy (non-hydrogen) atoms. The molecule has 1 aliphatic heterocycles. The molecule has 1 aromatic rings. The van der Waals surface area contributed by atoms with E-state index in [1.807, 2.05) is 32.1 Å². The van der Waals surface area contributed by atoms with Crippen LogP contribution in [0.5, 0.6) is 0 Å². The van der Waals surface area contributed by atoms with E-state index < -0.39 is 10.2 Å². The smallest absolute Gasteiger partial charge is 0.344 e. The zero-order chi connectivity index (χ0) is 16.9. The van der Waals surface area contributed by atoms with Gasteiger partial charge in [-0.05, 0) is 30.4 Å². The monoisotopic (exact) mass is 335 g/mol. The maximum Gasteiger partial charge on any atom is 0.344 e. The molecule has 126 valence electrons. The molecule has 0 radical (unpaired) electrons. The van der Waals surface area contributed by atoms with Crippen LogP contribution in [0.3, 0.4) is 0 Å². The van der Waals surface area contributed by atoms with E-state index in [0.29, 0.717) is 17.2 Å². The third-order valence-electron chi connectivity index (χ3n) is 4.01. The molecule has 1 aromatic carbocycles. The lowest BCUT2D eigenvalue weighted by Gasteiger charge is -2.19. The Morgan fingerprint density at radius 3 is 2.61 bits per heavy atom. The molecule has 1 heterocycles. The van der Waals surface area contributed by atoms with Crippen LogP contribution >= 0.6 is 0 Å². The highest BCUT2D eigenvalue weighted by Gasteiger charge is 2.22. The van der Waals surface area contributed by atoms with E-state index in [2.05, 4.69) is 15.2 Å². The van der Waals surface area contributed by atoms with Gasteiger partial charge in [0.25, 0.3) is 0 Å². The number of allylic oxidation sites excluding steroid dienone is 1. The van der Waals surface area contributed by atoms with Gasteiger partial charge in [0.05, 0.1) is 5.69 Å². The third-order valence-corrected chi connectivity index (χ3v) is 4.92. The van der Waals surface area contributed by atoms with Crippen molar-refractivity contribution in [3.05, 3.63) is 35.4 Å². The number of nitrogens with one attached hydrogen (secondary N) is 1. The molecule has 1 aliphatic carbocycles. The Hall–Kier alpha value is -1.82. The Balaban J connectivity index is 0.000000924. The van der Waals surface area contributed by atoms with Gasteiger partial charge < -0.3 is 5.73 Å². The van der Waals surface area contributed by atoms with Crippen LogP contribution in [0.1, 0.15) is 57.1 Å². The zero-order valence-electron chi connectivity index (χ0n) is 13.7. The number of benzene rings is 1. The summed E-state index contributed by atoms with van der Waals surface area (Å²) in [5.74, 6) is 0.653. The number of hydrogen-bond acceptors (Lipinski definition) is 3. The van der Waals surface area contributed by atoms with E-state index in [9.17, 15) is 8.42 Å². The van der Waals surface area contributed by atoms with Crippen LogP contribution in [-0.2, 0) is 10.2 Å². The maximum absolute atomic E-state index is 11.5. The molecule has 0 spiro atoms. The molecule has 0 atom stereocenters. The SMILES string of the molecule is CC.NC1=NS(=O)(=O)Nc2cccc(/C=C/C3CCCCC3)c21. The van der Waals surface area contributed by atoms with Crippen LogP contribution < -0.4 is 10.5 Å². The van der Waals surface area contributed by atoms with E-state index in [1.54, 1.807) is 6.07 Å². The zero-order valence-corrected chi connectivity index (χ0v) is 14.6. The molecule has 0 aromatic heterocycles. The highest BCUT2D eigenvalue weighted by Crippen LogP contribution is 2.29. The predicted molar refractivity (Wildman–Crippen MR) is 96.7 cm³/mol. The lowest BCUT2D eigenvalue weighted by atomic mass is 9.88. The molecule has 5 nitrogen and oxygen atoms in total. The summed E-state index contributed by atoms with van der Waals surface area (Å²) in [4.78, 5) is 0. The van der Waals surface area contributed by atoms with Crippen molar-refractivity contribution in [3.63, 3.8) is 0 Å². The topological polar surface area (TPSA) is 84.5 Å². The average molecular weight is 335 g/mol. The fourth-order valence-corrected chi connectivity index (χ4v) is 3.83. The standard InChI is InChI=1S/C15H19N3O2S.C2H6/c16-15-14-12(10-9-11-5-2-1-3-6-11)7-4-8-13(14)17-21(19,20)18-15;1-2/h4,7-11,17H,1-3,5-6H2,(H2,16,18);1-2H3/b10-9+;. The van der Waals surface area contributed by atoms with Gasteiger partial charge in [-0.3, -0.25) is 4.72 Å². The van der Waals surface area contributed by atoms with E-state index in [0.717, 1.165) is 5.56 Å². The van der Waals surface area contributed by atoms with Gasteiger partial charge in [-0.2, -0.15) is 8.42 Å². The number of rotatable bonds is 2. The molecule has 6 heteroatoms. The molecule has 1 saturated carbocycles. The van der Waals surface area contributed by atoms with Gasteiger partial charge >= 0.3 is 10.2 Å². The van der Waals surface area contributed by atoms with E-state index >= 15 is 0 Å². The predicted octanol–water partition coefficient (Wildman–Crippen LogP) is 3.68. The van der Waals surface area contributed by atoms with Crippen LogP contribution in [0.15, 0.2) is 28.7 Å². The van der Waals surface area contributed by atoms with Gasteiger partial charge in [0.1, 0.15) is 5.84 Å². The van der Waals surface area contributed by atoms with Crippen molar-refractivity contribution < 1.29 is 8.42 Å². The van der Waals surface area contributed by atoms with Crippen LogP contribution in [-0.4, -0.2) is 14.3 Å². The normalized spacial score (nSPS) is 20.0. The molecular formula is C17H25N3O2S. The number of nitrogens with zero attached hydrogens (tertiary/aromatic N) is 1. The van der Waals surface area contributed by atoms with Crippen LogP contribution in [0.2, 0.25) is 0 Å². The lowest BCUT2D eigenvalue weighted by Crippen LogP contribution is -2.27. The fraction of sp³-hybridized carbons (Fsp3) is 0.471. The molecular weight excluding hydrogens is 310 g/mol. The summed E-state index contributed by atoms with van der Waals surface area (Å²) in [5, 5.41) is 0. The molecule has 0 amide bonds. The summed E-state index contributed by atoms with van der Waals surface area (Å²) < 4.78 is 29.0. The van der Waals surface area contributed by atoms with Crippen LogP contribution in [0.25, 0.3) is 6.08 Å². The quantitative estimate of drug-likeness (QED) is 0.864. The van der Waals surface area contributed by atoms with Crippen molar-refractivity contribution in [2.45, 2.75) is 46.0 Å². The Morgan fingerprint density at radius 1 is 1.22 bits per heavy atom. The molecule has 0 unspecified atom stereocenters. The van der Waals surface area contributed by atoms with Gasteiger partial charge in [0, 0.05) is 5.56 Å². The van der Waals surface area contributed by atoms with Gasteiger partial charge in [-0.1, -0.05) is 57.4 Å². The van der Waals surface area contributed by atoms with Gasteiger partial charge in [-0.25, -0.2) is 0 Å².